The van der Waals surface area contributed by atoms with Crippen molar-refractivity contribution in [1.82, 2.24) is 0 Å². The minimum absolute atomic E-state index is 0.00224. The van der Waals surface area contributed by atoms with E-state index in [1.807, 2.05) is 59.8 Å². The lowest BCUT2D eigenvalue weighted by Gasteiger charge is -2.69. The number of rotatable bonds is 2. The number of fused-ring (bicyclic) bond motifs is 14. The number of nitrogens with zero attached hydrogens (tertiary/aromatic N) is 2. The number of allylic oxidation sites excluding steroid dienone is 6. The summed E-state index contributed by atoms with van der Waals surface area (Å²) in [6, 6.07) is -0.682. The Kier molecular flexibility index (Phi) is 11.5. The van der Waals surface area contributed by atoms with Crippen molar-refractivity contribution in [2.45, 2.75) is 199 Å². The Hall–Kier alpha value is -4.18. The number of carboxylic acids is 2. The predicted molar refractivity (Wildman–Crippen MR) is 275 cm³/mol. The molecule has 0 radical (unpaired) electrons. The number of Topliss-reactive ketones (excluding diaryl/α,β-unsaturated/α-hetero) is 2. The molecule has 17 atom stereocenters. The van der Waals surface area contributed by atoms with Crippen molar-refractivity contribution >= 4 is 35.1 Å². The van der Waals surface area contributed by atoms with E-state index in [1.165, 1.54) is 11.1 Å². The molecule has 0 aromatic carbocycles. The van der Waals surface area contributed by atoms with Gasteiger partial charge in [-0.25, -0.2) is 11.4 Å². The molecule has 0 aromatic heterocycles. The highest BCUT2D eigenvalue weighted by Crippen LogP contribution is 2.77. The molecule has 72 heavy (non-hydrogen) atoms. The van der Waals surface area contributed by atoms with E-state index in [4.69, 9.17) is 13.1 Å². The van der Waals surface area contributed by atoms with Crippen LogP contribution >= 0.6 is 0 Å². The van der Waals surface area contributed by atoms with Crippen LogP contribution in [0.1, 0.15) is 193 Å². The van der Waals surface area contributed by atoms with E-state index in [1.54, 1.807) is 0 Å². The molecule has 0 saturated heterocycles. The van der Waals surface area contributed by atoms with Crippen LogP contribution in [0.2, 0.25) is 0 Å². The van der Waals surface area contributed by atoms with Crippen molar-refractivity contribution in [3.05, 3.63) is 57.9 Å². The first-order chi connectivity index (χ1) is 33.0. The number of carboxylic acid groups (broad SMARTS) is 2. The molecular weight excluding hydrogens is 901 g/mol. The summed E-state index contributed by atoms with van der Waals surface area (Å²) < 4.78 is 0. The monoisotopic (exact) mass is 985 g/mol. The van der Waals surface area contributed by atoms with Crippen molar-refractivity contribution in [2.24, 2.45) is 100 Å². The summed E-state index contributed by atoms with van der Waals surface area (Å²) in [6.45, 7) is 45.3. The van der Waals surface area contributed by atoms with Gasteiger partial charge in [0.25, 0.3) is 6.04 Å². The highest BCUT2D eigenvalue weighted by Gasteiger charge is 2.73. The van der Waals surface area contributed by atoms with Crippen LogP contribution in [0.5, 0.6) is 0 Å². The van der Waals surface area contributed by atoms with Gasteiger partial charge in [-0.15, -0.1) is 0 Å². The van der Waals surface area contributed by atoms with E-state index < -0.39 is 50.5 Å². The highest BCUT2D eigenvalue weighted by molar-refractivity contribution is 6.03. The van der Waals surface area contributed by atoms with Crippen molar-refractivity contribution in [1.29, 1.82) is 0 Å². The van der Waals surface area contributed by atoms with Gasteiger partial charge in [0.2, 0.25) is 11.5 Å². The second-order valence-corrected chi connectivity index (χ2v) is 29.6. The third-order valence-corrected chi connectivity index (χ3v) is 25.5. The van der Waals surface area contributed by atoms with Crippen LogP contribution in [0, 0.1) is 114 Å². The molecule has 1 unspecified atom stereocenters. The van der Waals surface area contributed by atoms with Gasteiger partial charge in [0.05, 0.1) is 17.4 Å². The third kappa shape index (κ3) is 6.53. The van der Waals surface area contributed by atoms with E-state index in [-0.39, 0.29) is 96.8 Å². The first kappa shape index (κ1) is 52.7. The van der Waals surface area contributed by atoms with Crippen LogP contribution in [-0.4, -0.2) is 51.3 Å². The molecule has 10 rings (SSSR count). The summed E-state index contributed by atoms with van der Waals surface area (Å²) in [5.74, 6) is -1.54. The van der Waals surface area contributed by atoms with Gasteiger partial charge in [-0.05, 0) is 183 Å². The van der Waals surface area contributed by atoms with Gasteiger partial charge in [0.15, 0.2) is 17.3 Å². The van der Waals surface area contributed by atoms with E-state index in [9.17, 15) is 39.0 Å². The Morgan fingerprint density at radius 3 is 1.43 bits per heavy atom. The zero-order valence-corrected chi connectivity index (χ0v) is 46.1. The van der Waals surface area contributed by atoms with Crippen LogP contribution < -0.4 is 0 Å². The fourth-order valence-electron chi connectivity index (χ4n) is 20.4. The molecule has 390 valence electrons. The second kappa shape index (κ2) is 15.7. The summed E-state index contributed by atoms with van der Waals surface area (Å²) in [5.41, 5.74) is -2.25. The fourth-order valence-corrected chi connectivity index (χ4v) is 20.4. The second-order valence-electron chi connectivity index (χ2n) is 29.6. The van der Waals surface area contributed by atoms with Crippen LogP contribution in [0.15, 0.2) is 35.1 Å². The minimum Gasteiger partial charge on any atom is -0.481 e. The van der Waals surface area contributed by atoms with Crippen LogP contribution in [0.3, 0.4) is 0 Å². The molecule has 7 saturated carbocycles. The minimum atomic E-state index is -0.769. The molecule has 7 fully saturated rings. The largest absolute Gasteiger partial charge is 0.481 e. The smallest absolute Gasteiger partial charge is 0.309 e. The van der Waals surface area contributed by atoms with Crippen molar-refractivity contribution in [3.8, 4) is 0 Å². The maximum Gasteiger partial charge on any atom is 0.309 e. The predicted octanol–water partition coefficient (Wildman–Crippen LogP) is 13.2. The fraction of sp³-hybridized carbons (Fsp3) is 0.774. The third-order valence-electron chi connectivity index (χ3n) is 25.5. The average Bonchev–Trinajstić information content (AvgIpc) is 3.28. The number of carbonyl (C=O) groups is 6. The summed E-state index contributed by atoms with van der Waals surface area (Å²) in [5, 5.41) is 20.1. The van der Waals surface area contributed by atoms with Crippen molar-refractivity contribution in [3.63, 3.8) is 0 Å². The van der Waals surface area contributed by atoms with Gasteiger partial charge in [-0.1, -0.05) is 100 Å². The molecule has 0 bridgehead atoms. The maximum absolute atomic E-state index is 14.3. The normalized spacial score (nSPS) is 50.4. The lowest BCUT2D eigenvalue weighted by molar-refractivity contribution is -0.188. The van der Waals surface area contributed by atoms with E-state index in [0.29, 0.717) is 32.1 Å². The average molecular weight is 985 g/mol. The van der Waals surface area contributed by atoms with Gasteiger partial charge in [-0.2, -0.15) is 0 Å². The molecule has 10 aliphatic carbocycles. The van der Waals surface area contributed by atoms with E-state index in [0.717, 1.165) is 64.2 Å². The Bertz CT molecular complexity index is 2680. The standard InChI is InChI=1S/C31H43NO4.C31H41NO4/c2*1-26(2)22-9-10-31(7)23(29(22,5)17-20(32-8)24(26)34)21(33)15-18-19-16-28(4,25(35)36)12-11-27(19,3)13-14-30(18,31)6/h15,19-20,22-23H,9-14,16-17H2,1-7H3,(H,35,36);15,17,19,22-23H,9-14,16H2,1-7H3,(H,35,36)/t19-,20?,22+,23-,27-,28+,29+,30-,31-;19-,22+,23-,27-,28+,29+,30-,31-/m11/s1. The van der Waals surface area contributed by atoms with E-state index >= 15 is 0 Å². The first-order valence-corrected chi connectivity index (χ1v) is 27.6. The molecule has 10 aliphatic rings. The number of hydrogen-bond donors (Lipinski definition) is 2. The number of ketones is 4. The Balaban J connectivity index is 0.000000178. The van der Waals surface area contributed by atoms with Gasteiger partial charge in [0, 0.05) is 29.1 Å². The van der Waals surface area contributed by atoms with Gasteiger partial charge >= 0.3 is 11.9 Å². The molecule has 0 aromatic rings. The summed E-state index contributed by atoms with van der Waals surface area (Å²) >= 11 is 0. The Morgan fingerprint density at radius 2 is 0.986 bits per heavy atom. The van der Waals surface area contributed by atoms with Crippen LogP contribution in [0.25, 0.3) is 9.69 Å². The van der Waals surface area contributed by atoms with Crippen molar-refractivity contribution < 1.29 is 39.0 Å². The maximum atomic E-state index is 14.3. The quantitative estimate of drug-likeness (QED) is 0.260. The lowest BCUT2D eigenvalue weighted by atomic mass is 9.33. The van der Waals surface area contributed by atoms with Crippen LogP contribution in [0.4, 0.5) is 0 Å². The van der Waals surface area contributed by atoms with Crippen molar-refractivity contribution in [2.75, 3.05) is 0 Å². The van der Waals surface area contributed by atoms with E-state index in [2.05, 4.69) is 65.1 Å². The zero-order valence-electron chi connectivity index (χ0n) is 46.1. The van der Waals surface area contributed by atoms with Gasteiger partial charge in [-0.3, -0.25) is 24.0 Å². The topological polar surface area (TPSA) is 152 Å². The lowest BCUT2D eigenvalue weighted by Crippen LogP contribution is -2.67. The molecule has 10 nitrogen and oxygen atoms in total. The molecule has 0 amide bonds. The molecular formula is C62H84N2O8. The zero-order chi connectivity index (χ0) is 53.4. The number of hydrogen-bond acceptors (Lipinski definition) is 6. The van der Waals surface area contributed by atoms with Gasteiger partial charge < -0.3 is 19.9 Å². The summed E-state index contributed by atoms with van der Waals surface area (Å²) in [4.78, 5) is 86.9. The number of carbonyl (C=O) groups excluding carboxylic acids is 4. The molecule has 0 spiro atoms. The molecule has 0 heterocycles. The molecule has 2 N–H and O–H groups in total. The molecule has 10 heteroatoms. The highest BCUT2D eigenvalue weighted by atomic mass is 16.4. The number of aliphatic carboxylic acids is 2. The summed E-state index contributed by atoms with van der Waals surface area (Å²) in [7, 11) is 0. The van der Waals surface area contributed by atoms with Crippen LogP contribution in [-0.2, 0) is 28.8 Å². The SMILES string of the molecule is [C-]#[N+]C1=C[C@]2(C)[C@H]3C(=O)C=C4[C@H]5C[C@@](C)(C(=O)O)CC[C@]5(C)CC[C@@]4(C)[C@]3(C)CC[C@H]2C(C)(C)C1=O.[C-]#[N+]C1C[C@]2(C)[C@H]3C(=O)C=C4[C@H]5C[C@@](C)(C(=O)O)CC[C@]5(C)CC[C@@]4(C)[C@]3(C)CC[C@H]2C(C)(C)C1=O. The molecule has 0 aliphatic heterocycles. The van der Waals surface area contributed by atoms with Gasteiger partial charge in [0.1, 0.15) is 0 Å². The first-order valence-electron chi connectivity index (χ1n) is 27.6. The summed E-state index contributed by atoms with van der Waals surface area (Å²) in [6.07, 6.45) is 18.0. The Labute approximate surface area is 430 Å². The Morgan fingerprint density at radius 1 is 0.556 bits per heavy atom.